The SMILES string of the molecule is O=C(O)C[C]1O[C@H](CO)[C@](O)(CC(=O)O)[C@@](O)(CC(=O)O)[C@]1(O)CC(=O)O. The maximum atomic E-state index is 11.2. The first-order valence-corrected chi connectivity index (χ1v) is 7.41. The number of aliphatic hydroxyl groups excluding tert-OH is 1. The molecule has 153 valence electrons. The molecule has 4 atom stereocenters. The Labute approximate surface area is 151 Å². The molecule has 0 bridgehead atoms. The predicted molar refractivity (Wildman–Crippen MR) is 79.1 cm³/mol. The molecule has 0 aromatic rings. The average molecular weight is 395 g/mol. The van der Waals surface area contributed by atoms with Gasteiger partial charge in [0.2, 0.25) is 0 Å². The molecule has 8 N–H and O–H groups in total. The number of ether oxygens (including phenoxy) is 1. The lowest BCUT2D eigenvalue weighted by molar-refractivity contribution is -0.332. The molecule has 1 radical (unpaired) electrons. The van der Waals surface area contributed by atoms with Crippen molar-refractivity contribution in [1.82, 2.24) is 0 Å². The molecule has 1 aliphatic rings. The van der Waals surface area contributed by atoms with E-state index < -0.39 is 85.2 Å². The fourth-order valence-corrected chi connectivity index (χ4v) is 3.21. The summed E-state index contributed by atoms with van der Waals surface area (Å²) in [6.07, 6.45) is -8.88. The molecule has 0 spiro atoms. The molecule has 1 aliphatic heterocycles. The van der Waals surface area contributed by atoms with Crippen LogP contribution in [-0.2, 0) is 23.9 Å². The minimum atomic E-state index is -3.43. The lowest BCUT2D eigenvalue weighted by Gasteiger charge is -2.59. The highest BCUT2D eigenvalue weighted by Crippen LogP contribution is 2.53. The standard InChI is InChI=1S/C14H19O13/c15-5-7-13(25,3-10(20)21)14(26,4-11(22)23)12(24,2-9(18)19)6(27-7)1-8(16)17/h7,15,24-26H,1-5H2,(H,16,17)(H,18,19)(H,20,21)(H,22,23)/t7-,12+,13-,14-/m1/s1. The Morgan fingerprint density at radius 1 is 0.815 bits per heavy atom. The van der Waals surface area contributed by atoms with E-state index in [1.165, 1.54) is 0 Å². The van der Waals surface area contributed by atoms with Crippen LogP contribution in [0.2, 0.25) is 0 Å². The first-order chi connectivity index (χ1) is 12.2. The van der Waals surface area contributed by atoms with E-state index >= 15 is 0 Å². The Morgan fingerprint density at radius 2 is 1.30 bits per heavy atom. The Balaban J connectivity index is 3.74. The van der Waals surface area contributed by atoms with Crippen LogP contribution < -0.4 is 0 Å². The van der Waals surface area contributed by atoms with Crippen LogP contribution in [0.5, 0.6) is 0 Å². The maximum Gasteiger partial charge on any atom is 0.306 e. The lowest BCUT2D eigenvalue weighted by Crippen LogP contribution is -2.79. The zero-order valence-electron chi connectivity index (χ0n) is 13.7. The zero-order chi connectivity index (χ0) is 21.2. The van der Waals surface area contributed by atoms with Gasteiger partial charge in [0.15, 0.2) is 0 Å². The number of carbonyl (C=O) groups is 4. The summed E-state index contributed by atoms with van der Waals surface area (Å²) in [5, 5.41) is 78.1. The van der Waals surface area contributed by atoms with Gasteiger partial charge in [-0.3, -0.25) is 19.2 Å². The molecule has 0 aromatic heterocycles. The van der Waals surface area contributed by atoms with Gasteiger partial charge in [-0.2, -0.15) is 0 Å². The van der Waals surface area contributed by atoms with Crippen molar-refractivity contribution in [2.24, 2.45) is 0 Å². The summed E-state index contributed by atoms with van der Waals surface area (Å²) in [5.74, 6) is -7.19. The number of carboxylic acid groups (broad SMARTS) is 4. The van der Waals surface area contributed by atoms with Crippen LogP contribution in [0.3, 0.4) is 0 Å². The molecule has 1 rings (SSSR count). The third kappa shape index (κ3) is 4.01. The monoisotopic (exact) mass is 395 g/mol. The summed E-state index contributed by atoms with van der Waals surface area (Å²) in [4.78, 5) is 44.6. The van der Waals surface area contributed by atoms with Crippen molar-refractivity contribution in [3.63, 3.8) is 0 Å². The highest BCUT2D eigenvalue weighted by atomic mass is 16.6. The molecule has 0 saturated carbocycles. The minimum Gasteiger partial charge on any atom is -0.481 e. The van der Waals surface area contributed by atoms with Gasteiger partial charge in [0.25, 0.3) is 0 Å². The zero-order valence-corrected chi connectivity index (χ0v) is 13.7. The van der Waals surface area contributed by atoms with Gasteiger partial charge in [-0.25, -0.2) is 0 Å². The van der Waals surface area contributed by atoms with Gasteiger partial charge in [-0.1, -0.05) is 0 Å². The molecule has 0 aromatic carbocycles. The molecule has 13 nitrogen and oxygen atoms in total. The van der Waals surface area contributed by atoms with Gasteiger partial charge >= 0.3 is 23.9 Å². The number of carboxylic acids is 4. The third-order valence-electron chi connectivity index (χ3n) is 4.39. The van der Waals surface area contributed by atoms with Gasteiger partial charge in [-0.15, -0.1) is 0 Å². The van der Waals surface area contributed by atoms with Crippen LogP contribution in [0.1, 0.15) is 25.7 Å². The highest BCUT2D eigenvalue weighted by molar-refractivity contribution is 5.76. The van der Waals surface area contributed by atoms with Crippen LogP contribution in [0.15, 0.2) is 0 Å². The van der Waals surface area contributed by atoms with Crippen LogP contribution in [0.4, 0.5) is 0 Å². The molecule has 1 saturated heterocycles. The van der Waals surface area contributed by atoms with Crippen molar-refractivity contribution in [3.8, 4) is 0 Å². The molecule has 0 aliphatic carbocycles. The van der Waals surface area contributed by atoms with Crippen LogP contribution in [0, 0.1) is 6.10 Å². The second-order valence-electron chi connectivity index (χ2n) is 6.14. The number of hydrogen-bond donors (Lipinski definition) is 8. The first-order valence-electron chi connectivity index (χ1n) is 7.41. The van der Waals surface area contributed by atoms with Crippen LogP contribution in [-0.4, -0.2) is 94.2 Å². The number of aliphatic carboxylic acids is 4. The smallest absolute Gasteiger partial charge is 0.306 e. The molecule has 1 heterocycles. The van der Waals surface area contributed by atoms with E-state index in [2.05, 4.69) is 0 Å². The van der Waals surface area contributed by atoms with Crippen molar-refractivity contribution in [2.45, 2.75) is 48.6 Å². The van der Waals surface area contributed by atoms with E-state index in [1.54, 1.807) is 0 Å². The molecular formula is C14H19O13. The molecule has 1 fully saturated rings. The Hall–Kier alpha value is -2.32. The maximum absolute atomic E-state index is 11.2. The summed E-state index contributed by atoms with van der Waals surface area (Å²) in [6, 6.07) is 0. The lowest BCUT2D eigenvalue weighted by atomic mass is 9.59. The third-order valence-corrected chi connectivity index (χ3v) is 4.39. The van der Waals surface area contributed by atoms with Crippen molar-refractivity contribution >= 4 is 23.9 Å². The van der Waals surface area contributed by atoms with Gasteiger partial charge < -0.3 is 45.6 Å². The summed E-state index contributed by atoms with van der Waals surface area (Å²) >= 11 is 0. The van der Waals surface area contributed by atoms with E-state index in [4.69, 9.17) is 25.2 Å². The van der Waals surface area contributed by atoms with E-state index in [1.807, 2.05) is 0 Å². The summed E-state index contributed by atoms with van der Waals surface area (Å²) in [5.41, 5.74) is -9.91. The van der Waals surface area contributed by atoms with E-state index in [9.17, 15) is 39.6 Å². The number of rotatable bonds is 9. The second kappa shape index (κ2) is 7.74. The fraction of sp³-hybridized carbons (Fsp3) is 0.643. The van der Waals surface area contributed by atoms with Crippen molar-refractivity contribution in [1.29, 1.82) is 0 Å². The van der Waals surface area contributed by atoms with Crippen LogP contribution >= 0.6 is 0 Å². The molecule has 0 amide bonds. The van der Waals surface area contributed by atoms with Crippen LogP contribution in [0.25, 0.3) is 0 Å². The fourth-order valence-electron chi connectivity index (χ4n) is 3.21. The van der Waals surface area contributed by atoms with Gasteiger partial charge in [0.1, 0.15) is 29.0 Å². The van der Waals surface area contributed by atoms with E-state index in [-0.39, 0.29) is 0 Å². The number of hydrogen-bond acceptors (Lipinski definition) is 9. The normalized spacial score (nSPS) is 34.1. The largest absolute Gasteiger partial charge is 0.481 e. The van der Waals surface area contributed by atoms with Gasteiger partial charge in [0, 0.05) is 0 Å². The molecule has 13 heteroatoms. The predicted octanol–water partition coefficient (Wildman–Crippen LogP) is -3.00. The first kappa shape index (κ1) is 22.7. The number of aliphatic hydroxyl groups is 4. The Bertz CT molecular complexity index is 633. The molecule has 0 unspecified atom stereocenters. The summed E-state index contributed by atoms with van der Waals surface area (Å²) in [7, 11) is 0. The second-order valence-corrected chi connectivity index (χ2v) is 6.14. The molecular weight excluding hydrogens is 376 g/mol. The van der Waals surface area contributed by atoms with Crippen molar-refractivity contribution < 1.29 is 64.8 Å². The van der Waals surface area contributed by atoms with Gasteiger partial charge in [-0.05, 0) is 0 Å². The Kier molecular flexibility index (Phi) is 6.51. The topological polar surface area (TPSA) is 239 Å². The minimum absolute atomic E-state index is 1.05. The van der Waals surface area contributed by atoms with Crippen molar-refractivity contribution in [3.05, 3.63) is 6.10 Å². The van der Waals surface area contributed by atoms with E-state index in [0.717, 1.165) is 0 Å². The Morgan fingerprint density at radius 3 is 1.67 bits per heavy atom. The van der Waals surface area contributed by atoms with E-state index in [0.29, 0.717) is 0 Å². The average Bonchev–Trinajstić information content (AvgIpc) is 2.46. The van der Waals surface area contributed by atoms with Crippen molar-refractivity contribution in [2.75, 3.05) is 6.61 Å². The molecule has 27 heavy (non-hydrogen) atoms. The quantitative estimate of drug-likeness (QED) is 0.194. The van der Waals surface area contributed by atoms with Gasteiger partial charge in [0.05, 0.1) is 32.3 Å². The highest BCUT2D eigenvalue weighted by Gasteiger charge is 2.73. The summed E-state index contributed by atoms with van der Waals surface area (Å²) in [6.45, 7) is -1.21. The summed E-state index contributed by atoms with van der Waals surface area (Å²) < 4.78 is 4.96.